The van der Waals surface area contributed by atoms with Crippen molar-refractivity contribution in [1.29, 1.82) is 0 Å². The smallest absolute Gasteiger partial charge is 0.365 e. The second-order valence-electron chi connectivity index (χ2n) is 1.50. The van der Waals surface area contributed by atoms with E-state index in [1.54, 1.807) is 0 Å². The Hall–Kier alpha value is -0.360. The molecule has 1 aromatic rings. The topological polar surface area (TPSA) is 47.3 Å². The third-order valence-electron chi connectivity index (χ3n) is 0.789. The van der Waals surface area contributed by atoms with Gasteiger partial charge in [0.2, 0.25) is 0 Å². The van der Waals surface area contributed by atoms with Crippen LogP contribution in [0.25, 0.3) is 0 Å². The van der Waals surface area contributed by atoms with Gasteiger partial charge >= 0.3 is 10.2 Å². The van der Waals surface area contributed by atoms with E-state index in [-0.39, 0.29) is 4.67 Å². The van der Waals surface area contributed by atoms with Crippen LogP contribution < -0.4 is 0 Å². The highest BCUT2D eigenvalue weighted by Crippen LogP contribution is 2.19. The van der Waals surface area contributed by atoms with Crippen LogP contribution in [0.2, 0.25) is 0 Å². The van der Waals surface area contributed by atoms with Gasteiger partial charge in [-0.25, -0.2) is 0 Å². The summed E-state index contributed by atoms with van der Waals surface area (Å²) in [5, 5.41) is -0.681. The highest BCUT2D eigenvalue weighted by atomic mass is 79.9. The lowest BCUT2D eigenvalue weighted by molar-refractivity contribution is 0.418. The minimum Gasteiger partial charge on any atom is -0.435 e. The second kappa shape index (κ2) is 2.35. The molecule has 0 aliphatic rings. The third-order valence-corrected chi connectivity index (χ3v) is 1.92. The van der Waals surface area contributed by atoms with Crippen LogP contribution in [0.15, 0.2) is 26.3 Å². The molecule has 0 aliphatic carbocycles. The quantitative estimate of drug-likeness (QED) is 0.688. The van der Waals surface area contributed by atoms with E-state index in [1.807, 2.05) is 0 Å². The van der Waals surface area contributed by atoms with E-state index >= 15 is 0 Å². The molecule has 0 bridgehead atoms. The summed E-state index contributed by atoms with van der Waals surface area (Å²) in [5.41, 5.74) is 0. The van der Waals surface area contributed by atoms with Gasteiger partial charge in [0.25, 0.3) is 5.09 Å². The van der Waals surface area contributed by atoms with Gasteiger partial charge < -0.3 is 4.42 Å². The van der Waals surface area contributed by atoms with E-state index in [9.17, 15) is 12.3 Å². The Morgan fingerprint density at radius 3 is 2.30 bits per heavy atom. The summed E-state index contributed by atoms with van der Waals surface area (Å²) in [7, 11) is -4.68. The van der Waals surface area contributed by atoms with Crippen LogP contribution in [-0.4, -0.2) is 8.42 Å². The predicted molar refractivity (Wildman–Crippen MR) is 34.7 cm³/mol. The van der Waals surface area contributed by atoms with Gasteiger partial charge in [-0.3, -0.25) is 0 Å². The fraction of sp³-hybridized carbons (Fsp3) is 0. The number of hydrogen-bond acceptors (Lipinski definition) is 3. The maximum absolute atomic E-state index is 12.0. The van der Waals surface area contributed by atoms with Gasteiger partial charge in [0.1, 0.15) is 0 Å². The average molecular weight is 229 g/mol. The van der Waals surface area contributed by atoms with Crippen molar-refractivity contribution in [3.05, 3.63) is 16.8 Å². The second-order valence-corrected chi connectivity index (χ2v) is 3.56. The molecule has 0 aromatic carbocycles. The first-order valence-corrected chi connectivity index (χ1v) is 4.38. The van der Waals surface area contributed by atoms with Gasteiger partial charge in [-0.15, -0.1) is 0 Å². The maximum atomic E-state index is 12.0. The monoisotopic (exact) mass is 228 g/mol. The Morgan fingerprint density at radius 2 is 2.10 bits per heavy atom. The van der Waals surface area contributed by atoms with Crippen molar-refractivity contribution in [3.8, 4) is 0 Å². The number of halogens is 2. The van der Waals surface area contributed by atoms with Crippen molar-refractivity contribution in [2.45, 2.75) is 5.09 Å². The number of furan rings is 1. The van der Waals surface area contributed by atoms with Crippen LogP contribution in [-0.2, 0) is 10.2 Å². The van der Waals surface area contributed by atoms with Crippen molar-refractivity contribution in [1.82, 2.24) is 0 Å². The van der Waals surface area contributed by atoms with Gasteiger partial charge in [-0.05, 0) is 28.1 Å². The molecule has 0 saturated carbocycles. The van der Waals surface area contributed by atoms with Crippen LogP contribution in [0.4, 0.5) is 3.89 Å². The van der Waals surface area contributed by atoms with E-state index in [0.717, 1.165) is 6.07 Å². The summed E-state index contributed by atoms with van der Waals surface area (Å²) in [5.74, 6) is 0. The molecule has 0 amide bonds. The SMILES string of the molecule is O=S(=O)(F)c1ccc(Br)o1. The Bertz CT molecular complexity index is 328. The van der Waals surface area contributed by atoms with Crippen LogP contribution >= 0.6 is 15.9 Å². The fourth-order valence-corrected chi connectivity index (χ4v) is 1.26. The molecule has 0 unspecified atom stereocenters. The molecule has 10 heavy (non-hydrogen) atoms. The molecular weight excluding hydrogens is 227 g/mol. The lowest BCUT2D eigenvalue weighted by atomic mass is 10.7. The molecule has 56 valence electrons. The summed E-state index contributed by atoms with van der Waals surface area (Å²) >= 11 is 2.83. The first-order valence-electron chi connectivity index (χ1n) is 2.20. The summed E-state index contributed by atoms with van der Waals surface area (Å²) < 4.78 is 36.7. The normalized spacial score (nSPS) is 11.8. The standard InChI is InChI=1S/C4H2BrFO3S/c5-3-1-2-4(9-3)10(6,7)8/h1-2H. The van der Waals surface area contributed by atoms with E-state index in [4.69, 9.17) is 0 Å². The minimum absolute atomic E-state index is 0.184. The number of hydrogen-bond donors (Lipinski definition) is 0. The molecule has 0 atom stereocenters. The van der Waals surface area contributed by atoms with E-state index in [1.165, 1.54) is 6.07 Å². The predicted octanol–water partition coefficient (Wildman–Crippen LogP) is 1.70. The van der Waals surface area contributed by atoms with E-state index in [2.05, 4.69) is 20.3 Å². The zero-order chi connectivity index (χ0) is 7.78. The molecular formula is C4H2BrFO3S. The van der Waals surface area contributed by atoms with Gasteiger partial charge in [0.05, 0.1) is 0 Å². The molecule has 0 N–H and O–H groups in total. The highest BCUT2D eigenvalue weighted by Gasteiger charge is 2.15. The molecule has 6 heteroatoms. The molecule has 0 fully saturated rings. The Morgan fingerprint density at radius 1 is 1.50 bits per heavy atom. The zero-order valence-corrected chi connectivity index (χ0v) is 6.95. The van der Waals surface area contributed by atoms with E-state index in [0.29, 0.717) is 0 Å². The molecule has 1 rings (SSSR count). The molecule has 0 saturated heterocycles. The molecule has 1 heterocycles. The molecule has 0 aliphatic heterocycles. The summed E-state index contributed by atoms with van der Waals surface area (Å²) in [6, 6.07) is 2.33. The highest BCUT2D eigenvalue weighted by molar-refractivity contribution is 9.10. The first kappa shape index (κ1) is 7.74. The van der Waals surface area contributed by atoms with Crippen molar-refractivity contribution in [2.24, 2.45) is 0 Å². The third kappa shape index (κ3) is 1.57. The summed E-state index contributed by atoms with van der Waals surface area (Å²) in [6.45, 7) is 0. The molecule has 3 nitrogen and oxygen atoms in total. The fourth-order valence-electron chi connectivity index (χ4n) is 0.429. The molecule has 0 spiro atoms. The minimum atomic E-state index is -4.68. The molecule has 0 radical (unpaired) electrons. The van der Waals surface area contributed by atoms with E-state index < -0.39 is 15.3 Å². The van der Waals surface area contributed by atoms with Crippen molar-refractivity contribution in [3.63, 3.8) is 0 Å². The van der Waals surface area contributed by atoms with Crippen molar-refractivity contribution >= 4 is 26.2 Å². The lowest BCUT2D eigenvalue weighted by Crippen LogP contribution is -1.86. The van der Waals surface area contributed by atoms with Crippen molar-refractivity contribution < 1.29 is 16.7 Å². The maximum Gasteiger partial charge on any atom is 0.365 e. The van der Waals surface area contributed by atoms with Crippen LogP contribution in [0.1, 0.15) is 0 Å². The van der Waals surface area contributed by atoms with Crippen LogP contribution in [0.5, 0.6) is 0 Å². The summed E-state index contributed by atoms with van der Waals surface area (Å²) in [6.07, 6.45) is 0. The lowest BCUT2D eigenvalue weighted by Gasteiger charge is -1.83. The largest absolute Gasteiger partial charge is 0.435 e. The van der Waals surface area contributed by atoms with Crippen molar-refractivity contribution in [2.75, 3.05) is 0 Å². The van der Waals surface area contributed by atoms with Crippen LogP contribution in [0.3, 0.4) is 0 Å². The first-order chi connectivity index (χ1) is 4.50. The van der Waals surface area contributed by atoms with Gasteiger partial charge in [-0.1, -0.05) is 3.89 Å². The Balaban J connectivity index is 3.21. The molecule has 1 aromatic heterocycles. The summed E-state index contributed by atoms with van der Waals surface area (Å²) in [4.78, 5) is 0. The zero-order valence-electron chi connectivity index (χ0n) is 4.54. The Kier molecular flexibility index (Phi) is 1.82. The van der Waals surface area contributed by atoms with Gasteiger partial charge in [-0.2, -0.15) is 8.42 Å². The average Bonchev–Trinajstić information content (AvgIpc) is 2.11. The van der Waals surface area contributed by atoms with Gasteiger partial charge in [0, 0.05) is 0 Å². The van der Waals surface area contributed by atoms with Gasteiger partial charge in [0.15, 0.2) is 4.67 Å². The van der Waals surface area contributed by atoms with Crippen LogP contribution in [0, 0.1) is 0 Å². The Labute approximate surface area is 65.2 Å². The number of rotatable bonds is 1.